The molecule has 1 atom stereocenters. The number of benzene rings is 2. The molecule has 4 rings (SSSR count). The zero-order valence-corrected chi connectivity index (χ0v) is 18.7. The maximum Gasteiger partial charge on any atom is 0.295 e. The van der Waals surface area contributed by atoms with Crippen LogP contribution in [0.5, 0.6) is 11.5 Å². The van der Waals surface area contributed by atoms with Crippen molar-refractivity contribution in [3.8, 4) is 11.5 Å². The van der Waals surface area contributed by atoms with Crippen LogP contribution in [0, 0.1) is 0 Å². The Balaban J connectivity index is 1.93. The van der Waals surface area contributed by atoms with Crippen LogP contribution in [0.2, 0.25) is 5.02 Å². The van der Waals surface area contributed by atoms with Gasteiger partial charge >= 0.3 is 0 Å². The predicted molar refractivity (Wildman–Crippen MR) is 123 cm³/mol. The zero-order chi connectivity index (χ0) is 23.5. The summed E-state index contributed by atoms with van der Waals surface area (Å²) < 4.78 is 10.9. The van der Waals surface area contributed by atoms with Gasteiger partial charge in [-0.3, -0.25) is 14.6 Å². The van der Waals surface area contributed by atoms with Gasteiger partial charge in [0, 0.05) is 35.1 Å². The number of amides is 1. The smallest absolute Gasteiger partial charge is 0.295 e. The predicted octanol–water partition coefficient (Wildman–Crippen LogP) is 4.37. The quantitative estimate of drug-likeness (QED) is 0.331. The van der Waals surface area contributed by atoms with E-state index in [1.165, 1.54) is 19.1 Å². The van der Waals surface area contributed by atoms with Gasteiger partial charge in [-0.25, -0.2) is 0 Å². The summed E-state index contributed by atoms with van der Waals surface area (Å²) in [6.45, 7) is 0.112. The number of carbonyl (C=O) groups excluding carboxylic acids is 2. The Labute approximate surface area is 195 Å². The number of pyridine rings is 1. The van der Waals surface area contributed by atoms with Crippen molar-refractivity contribution < 1.29 is 24.2 Å². The number of aliphatic hydroxyl groups excluding tert-OH is 1. The number of hydrogen-bond acceptors (Lipinski definition) is 6. The number of aromatic nitrogens is 1. The van der Waals surface area contributed by atoms with Crippen molar-refractivity contribution in [1.82, 2.24) is 9.88 Å². The van der Waals surface area contributed by atoms with E-state index < -0.39 is 17.7 Å². The second-order valence-electron chi connectivity index (χ2n) is 7.40. The molecule has 33 heavy (non-hydrogen) atoms. The topological polar surface area (TPSA) is 89.0 Å². The number of hydrogen-bond donors (Lipinski definition) is 1. The van der Waals surface area contributed by atoms with Gasteiger partial charge in [0.2, 0.25) is 0 Å². The summed E-state index contributed by atoms with van der Waals surface area (Å²) in [5.74, 6) is -0.857. The minimum Gasteiger partial charge on any atom is -0.507 e. The number of methoxy groups -OCH3 is 2. The Bertz CT molecular complexity index is 1230. The van der Waals surface area contributed by atoms with E-state index in [9.17, 15) is 14.7 Å². The molecule has 0 spiro atoms. The molecule has 2 heterocycles. The van der Waals surface area contributed by atoms with Gasteiger partial charge < -0.3 is 19.5 Å². The van der Waals surface area contributed by atoms with Crippen molar-refractivity contribution in [2.24, 2.45) is 0 Å². The first-order chi connectivity index (χ1) is 15.9. The van der Waals surface area contributed by atoms with Gasteiger partial charge in [-0.05, 0) is 54.1 Å². The largest absolute Gasteiger partial charge is 0.507 e. The van der Waals surface area contributed by atoms with E-state index in [1.54, 1.807) is 60.9 Å². The monoisotopic (exact) mass is 464 g/mol. The van der Waals surface area contributed by atoms with Gasteiger partial charge in [-0.1, -0.05) is 17.7 Å². The van der Waals surface area contributed by atoms with Crippen LogP contribution in [0.1, 0.15) is 22.7 Å². The fourth-order valence-corrected chi connectivity index (χ4v) is 4.00. The number of Topliss-reactive ketones (excluding diaryl/α,β-unsaturated/α-hetero) is 1. The molecule has 8 heteroatoms. The van der Waals surface area contributed by atoms with E-state index in [1.807, 2.05) is 6.07 Å². The molecular weight excluding hydrogens is 444 g/mol. The third-order valence-electron chi connectivity index (χ3n) is 5.46. The number of rotatable bonds is 6. The minimum absolute atomic E-state index is 0.0437. The molecule has 1 saturated heterocycles. The normalized spacial score (nSPS) is 17.3. The minimum atomic E-state index is -0.911. The number of carbonyl (C=O) groups is 2. The van der Waals surface area contributed by atoms with Crippen LogP contribution in [0.3, 0.4) is 0 Å². The highest BCUT2D eigenvalue weighted by atomic mass is 35.5. The molecule has 1 amide bonds. The molecule has 7 nitrogen and oxygen atoms in total. The molecule has 1 N–H and O–H groups in total. The first-order valence-electron chi connectivity index (χ1n) is 10.1. The molecule has 0 aliphatic carbocycles. The summed E-state index contributed by atoms with van der Waals surface area (Å²) in [5.41, 5.74) is 1.57. The number of ketones is 1. The lowest BCUT2D eigenvalue weighted by molar-refractivity contribution is -0.140. The van der Waals surface area contributed by atoms with Gasteiger partial charge in [-0.2, -0.15) is 0 Å². The lowest BCUT2D eigenvalue weighted by Crippen LogP contribution is -2.29. The van der Waals surface area contributed by atoms with E-state index >= 15 is 0 Å². The fourth-order valence-electron chi connectivity index (χ4n) is 3.87. The van der Waals surface area contributed by atoms with Crippen molar-refractivity contribution in [2.45, 2.75) is 12.6 Å². The molecule has 0 radical (unpaired) electrons. The number of nitrogens with zero attached hydrogens (tertiary/aromatic N) is 2. The third kappa shape index (κ3) is 4.27. The van der Waals surface area contributed by atoms with Crippen molar-refractivity contribution in [3.05, 3.63) is 94.3 Å². The SMILES string of the molecule is COc1ccc(OC)c([C@@H]2/C(=C(\O)c3ccc(Cl)cc3)C(=O)C(=O)N2Cc2cccnc2)c1. The lowest BCUT2D eigenvalue weighted by atomic mass is 9.94. The Morgan fingerprint density at radius 2 is 1.85 bits per heavy atom. The fraction of sp³-hybridized carbons (Fsp3) is 0.160. The summed E-state index contributed by atoms with van der Waals surface area (Å²) in [7, 11) is 3.02. The Hall–Kier alpha value is -3.84. The van der Waals surface area contributed by atoms with Crippen LogP contribution < -0.4 is 9.47 Å². The molecule has 0 bridgehead atoms. The second-order valence-corrected chi connectivity index (χ2v) is 7.84. The van der Waals surface area contributed by atoms with Crippen LogP contribution in [0.15, 0.2) is 72.6 Å². The van der Waals surface area contributed by atoms with Gasteiger partial charge in [0.15, 0.2) is 0 Å². The maximum atomic E-state index is 13.2. The Morgan fingerprint density at radius 1 is 1.09 bits per heavy atom. The summed E-state index contributed by atoms with van der Waals surface area (Å²) >= 11 is 5.98. The Kier molecular flexibility index (Phi) is 6.33. The molecule has 1 aliphatic rings. The zero-order valence-electron chi connectivity index (χ0n) is 18.0. The summed E-state index contributed by atoms with van der Waals surface area (Å²) in [6.07, 6.45) is 3.25. The van der Waals surface area contributed by atoms with Crippen molar-refractivity contribution in [3.63, 3.8) is 0 Å². The van der Waals surface area contributed by atoms with Crippen LogP contribution in [-0.4, -0.2) is 40.9 Å². The lowest BCUT2D eigenvalue weighted by Gasteiger charge is -2.27. The Morgan fingerprint density at radius 3 is 2.48 bits per heavy atom. The molecule has 3 aromatic rings. The molecule has 1 aliphatic heterocycles. The first kappa shape index (κ1) is 22.4. The van der Waals surface area contributed by atoms with Gasteiger partial charge in [0.05, 0.1) is 25.8 Å². The molecule has 168 valence electrons. The van der Waals surface area contributed by atoms with Crippen LogP contribution in [0.4, 0.5) is 0 Å². The standard InChI is InChI=1S/C25H21ClN2O5/c1-32-18-9-10-20(33-2)19(12-18)22-21(23(29)16-5-7-17(26)8-6-16)24(30)25(31)28(22)14-15-4-3-11-27-13-15/h3-13,22,29H,14H2,1-2H3/b23-21+/t22-/m1/s1. The number of ether oxygens (including phenoxy) is 2. The first-order valence-corrected chi connectivity index (χ1v) is 10.5. The van der Waals surface area contributed by atoms with E-state index in [-0.39, 0.29) is 17.9 Å². The van der Waals surface area contributed by atoms with E-state index in [4.69, 9.17) is 21.1 Å². The van der Waals surface area contributed by atoms with E-state index in [0.29, 0.717) is 27.6 Å². The van der Waals surface area contributed by atoms with Crippen molar-refractivity contribution in [2.75, 3.05) is 14.2 Å². The number of aliphatic hydroxyl groups is 1. The van der Waals surface area contributed by atoms with Gasteiger partial charge in [-0.15, -0.1) is 0 Å². The third-order valence-corrected chi connectivity index (χ3v) is 5.72. The summed E-state index contributed by atoms with van der Waals surface area (Å²) in [4.78, 5) is 31.9. The average Bonchev–Trinajstić information content (AvgIpc) is 3.09. The maximum absolute atomic E-state index is 13.2. The second kappa shape index (κ2) is 9.34. The number of likely N-dealkylation sites (tertiary alicyclic amines) is 1. The number of halogens is 1. The van der Waals surface area contributed by atoms with Crippen molar-refractivity contribution >= 4 is 29.1 Å². The summed E-state index contributed by atoms with van der Waals surface area (Å²) in [6, 6.07) is 14.1. The molecule has 0 saturated carbocycles. The summed E-state index contributed by atoms with van der Waals surface area (Å²) in [5, 5.41) is 11.6. The molecule has 1 fully saturated rings. The van der Waals surface area contributed by atoms with Gasteiger partial charge in [0.1, 0.15) is 17.3 Å². The molecule has 2 aromatic carbocycles. The van der Waals surface area contributed by atoms with Crippen molar-refractivity contribution in [1.29, 1.82) is 0 Å². The van der Waals surface area contributed by atoms with Crippen LogP contribution in [0.25, 0.3) is 5.76 Å². The molecule has 0 unspecified atom stereocenters. The van der Waals surface area contributed by atoms with Gasteiger partial charge in [0.25, 0.3) is 11.7 Å². The van der Waals surface area contributed by atoms with E-state index in [0.717, 1.165) is 5.56 Å². The van der Waals surface area contributed by atoms with E-state index in [2.05, 4.69) is 4.98 Å². The van der Waals surface area contributed by atoms with Crippen LogP contribution >= 0.6 is 11.6 Å². The van der Waals surface area contributed by atoms with Crippen LogP contribution in [-0.2, 0) is 16.1 Å². The average molecular weight is 465 g/mol. The highest BCUT2D eigenvalue weighted by Gasteiger charge is 2.47. The molecule has 1 aromatic heterocycles. The molecular formula is C25H21ClN2O5. The highest BCUT2D eigenvalue weighted by Crippen LogP contribution is 2.44. The highest BCUT2D eigenvalue weighted by molar-refractivity contribution is 6.46.